The van der Waals surface area contributed by atoms with Gasteiger partial charge in [0.15, 0.2) is 0 Å². The molecule has 1 fully saturated rings. The van der Waals surface area contributed by atoms with Crippen LogP contribution in [-0.2, 0) is 11.3 Å². The standard InChI is InChI=1S/C12H17ClN2O/c1-10-3-2-4-11(14-10)8-15-5-6-16-12(7-13)9-15/h2-4,12H,5-9H2,1H3. The Balaban J connectivity index is 1.94. The Morgan fingerprint density at radius 1 is 1.56 bits per heavy atom. The van der Waals surface area contributed by atoms with E-state index in [1.54, 1.807) is 0 Å². The fraction of sp³-hybridized carbons (Fsp3) is 0.583. The van der Waals surface area contributed by atoms with E-state index in [4.69, 9.17) is 16.3 Å². The van der Waals surface area contributed by atoms with Crippen LogP contribution < -0.4 is 0 Å². The van der Waals surface area contributed by atoms with E-state index in [1.165, 1.54) is 0 Å². The van der Waals surface area contributed by atoms with Gasteiger partial charge in [-0.05, 0) is 19.1 Å². The van der Waals surface area contributed by atoms with Gasteiger partial charge in [-0.3, -0.25) is 9.88 Å². The smallest absolute Gasteiger partial charge is 0.0837 e. The minimum absolute atomic E-state index is 0.167. The number of aryl methyl sites for hydroxylation is 1. The molecule has 1 unspecified atom stereocenters. The van der Waals surface area contributed by atoms with E-state index < -0.39 is 0 Å². The number of pyridine rings is 1. The minimum Gasteiger partial charge on any atom is -0.374 e. The van der Waals surface area contributed by atoms with E-state index in [9.17, 15) is 0 Å². The molecular formula is C12H17ClN2O. The first-order chi connectivity index (χ1) is 7.78. The van der Waals surface area contributed by atoms with Crippen molar-refractivity contribution in [3.8, 4) is 0 Å². The number of rotatable bonds is 3. The molecule has 0 bridgehead atoms. The van der Waals surface area contributed by atoms with Crippen LogP contribution in [0.2, 0.25) is 0 Å². The lowest BCUT2D eigenvalue weighted by molar-refractivity contribution is -0.0197. The Morgan fingerprint density at radius 3 is 3.19 bits per heavy atom. The summed E-state index contributed by atoms with van der Waals surface area (Å²) in [5.74, 6) is 0.567. The molecule has 0 spiro atoms. The van der Waals surface area contributed by atoms with E-state index in [0.29, 0.717) is 5.88 Å². The number of hydrogen-bond donors (Lipinski definition) is 0. The number of ether oxygens (including phenoxy) is 1. The second-order valence-corrected chi connectivity index (χ2v) is 4.46. The normalized spacial score (nSPS) is 22.2. The Labute approximate surface area is 101 Å². The Bertz CT molecular complexity index is 346. The lowest BCUT2D eigenvalue weighted by Crippen LogP contribution is -2.42. The summed E-state index contributed by atoms with van der Waals surface area (Å²) >= 11 is 5.81. The largest absolute Gasteiger partial charge is 0.374 e. The van der Waals surface area contributed by atoms with Crippen molar-refractivity contribution in [2.24, 2.45) is 0 Å². The molecule has 0 saturated carbocycles. The third kappa shape index (κ3) is 3.17. The van der Waals surface area contributed by atoms with Crippen LogP contribution >= 0.6 is 11.6 Å². The molecule has 4 heteroatoms. The van der Waals surface area contributed by atoms with Gasteiger partial charge in [0, 0.05) is 31.2 Å². The summed E-state index contributed by atoms with van der Waals surface area (Å²) in [5.41, 5.74) is 2.19. The fourth-order valence-corrected chi connectivity index (χ4v) is 2.12. The summed E-state index contributed by atoms with van der Waals surface area (Å²) in [5, 5.41) is 0. The minimum atomic E-state index is 0.167. The molecule has 1 aliphatic rings. The highest BCUT2D eigenvalue weighted by atomic mass is 35.5. The van der Waals surface area contributed by atoms with Crippen LogP contribution in [0.4, 0.5) is 0 Å². The first-order valence-electron chi connectivity index (χ1n) is 5.60. The van der Waals surface area contributed by atoms with Crippen molar-refractivity contribution in [3.63, 3.8) is 0 Å². The van der Waals surface area contributed by atoms with Crippen LogP contribution in [0.5, 0.6) is 0 Å². The molecule has 2 rings (SSSR count). The molecule has 3 nitrogen and oxygen atoms in total. The van der Waals surface area contributed by atoms with Crippen LogP contribution in [0, 0.1) is 6.92 Å². The second kappa shape index (κ2) is 5.62. The molecule has 0 aromatic carbocycles. The molecule has 0 amide bonds. The number of alkyl halides is 1. The average Bonchev–Trinajstić information content (AvgIpc) is 2.29. The molecule has 1 saturated heterocycles. The highest BCUT2D eigenvalue weighted by Gasteiger charge is 2.19. The first-order valence-corrected chi connectivity index (χ1v) is 6.14. The van der Waals surface area contributed by atoms with Crippen molar-refractivity contribution >= 4 is 11.6 Å². The maximum absolute atomic E-state index is 5.81. The van der Waals surface area contributed by atoms with Gasteiger partial charge in [-0.1, -0.05) is 6.07 Å². The highest BCUT2D eigenvalue weighted by Crippen LogP contribution is 2.10. The van der Waals surface area contributed by atoms with Crippen LogP contribution in [0.3, 0.4) is 0 Å². The zero-order valence-electron chi connectivity index (χ0n) is 9.53. The zero-order chi connectivity index (χ0) is 11.4. The van der Waals surface area contributed by atoms with Gasteiger partial charge in [0.05, 0.1) is 18.4 Å². The van der Waals surface area contributed by atoms with Crippen LogP contribution in [0.1, 0.15) is 11.4 Å². The SMILES string of the molecule is Cc1cccc(CN2CCOC(CCl)C2)n1. The summed E-state index contributed by atoms with van der Waals surface area (Å²) in [4.78, 5) is 6.85. The van der Waals surface area contributed by atoms with Gasteiger partial charge in [-0.15, -0.1) is 11.6 Å². The van der Waals surface area contributed by atoms with Crippen LogP contribution in [0.25, 0.3) is 0 Å². The second-order valence-electron chi connectivity index (χ2n) is 4.15. The molecular weight excluding hydrogens is 224 g/mol. The third-order valence-electron chi connectivity index (χ3n) is 2.73. The summed E-state index contributed by atoms with van der Waals surface area (Å²) in [6, 6.07) is 6.14. The van der Waals surface area contributed by atoms with E-state index in [1.807, 2.05) is 13.0 Å². The summed E-state index contributed by atoms with van der Waals surface area (Å²) in [6.45, 7) is 5.54. The van der Waals surface area contributed by atoms with Gasteiger partial charge < -0.3 is 4.74 Å². The van der Waals surface area contributed by atoms with Gasteiger partial charge in [0.1, 0.15) is 0 Å². The fourth-order valence-electron chi connectivity index (χ4n) is 1.93. The predicted octanol–water partition coefficient (Wildman–Crippen LogP) is 1.83. The molecule has 1 atom stereocenters. The van der Waals surface area contributed by atoms with Crippen molar-refractivity contribution in [2.75, 3.05) is 25.6 Å². The van der Waals surface area contributed by atoms with E-state index in [2.05, 4.69) is 22.0 Å². The van der Waals surface area contributed by atoms with E-state index in [0.717, 1.165) is 37.6 Å². The lowest BCUT2D eigenvalue weighted by atomic mass is 10.2. The molecule has 1 aromatic heterocycles. The highest BCUT2D eigenvalue weighted by molar-refractivity contribution is 6.18. The maximum atomic E-state index is 5.81. The third-order valence-corrected chi connectivity index (χ3v) is 3.07. The van der Waals surface area contributed by atoms with Crippen molar-refractivity contribution in [2.45, 2.75) is 19.6 Å². The molecule has 0 N–H and O–H groups in total. The number of morpholine rings is 1. The molecule has 0 aliphatic carbocycles. The summed E-state index contributed by atoms with van der Waals surface area (Å²) in [6.07, 6.45) is 0.167. The van der Waals surface area contributed by atoms with Crippen molar-refractivity contribution < 1.29 is 4.74 Å². The van der Waals surface area contributed by atoms with Gasteiger partial charge >= 0.3 is 0 Å². The number of aromatic nitrogens is 1. The molecule has 16 heavy (non-hydrogen) atoms. The molecule has 88 valence electrons. The van der Waals surface area contributed by atoms with Crippen LogP contribution in [0.15, 0.2) is 18.2 Å². The summed E-state index contributed by atoms with van der Waals surface area (Å²) < 4.78 is 5.52. The number of nitrogens with zero attached hydrogens (tertiary/aromatic N) is 2. The Morgan fingerprint density at radius 2 is 2.44 bits per heavy atom. The number of hydrogen-bond acceptors (Lipinski definition) is 3. The molecule has 1 aliphatic heterocycles. The van der Waals surface area contributed by atoms with Gasteiger partial charge in [0.2, 0.25) is 0 Å². The molecule has 1 aromatic rings. The lowest BCUT2D eigenvalue weighted by Gasteiger charge is -2.31. The molecule has 2 heterocycles. The van der Waals surface area contributed by atoms with Crippen molar-refractivity contribution in [3.05, 3.63) is 29.6 Å². The Hall–Kier alpha value is -0.640. The van der Waals surface area contributed by atoms with Gasteiger partial charge in [-0.2, -0.15) is 0 Å². The number of halogens is 1. The summed E-state index contributed by atoms with van der Waals surface area (Å²) in [7, 11) is 0. The van der Waals surface area contributed by atoms with E-state index in [-0.39, 0.29) is 6.10 Å². The Kier molecular flexibility index (Phi) is 4.16. The quantitative estimate of drug-likeness (QED) is 0.754. The van der Waals surface area contributed by atoms with E-state index >= 15 is 0 Å². The first kappa shape index (κ1) is 11.8. The topological polar surface area (TPSA) is 25.4 Å². The van der Waals surface area contributed by atoms with Gasteiger partial charge in [0.25, 0.3) is 0 Å². The predicted molar refractivity (Wildman–Crippen MR) is 64.7 cm³/mol. The van der Waals surface area contributed by atoms with Crippen LogP contribution in [-0.4, -0.2) is 41.6 Å². The zero-order valence-corrected chi connectivity index (χ0v) is 10.3. The van der Waals surface area contributed by atoms with Crippen molar-refractivity contribution in [1.82, 2.24) is 9.88 Å². The average molecular weight is 241 g/mol. The maximum Gasteiger partial charge on any atom is 0.0837 e. The van der Waals surface area contributed by atoms with Crippen molar-refractivity contribution in [1.29, 1.82) is 0 Å². The van der Waals surface area contributed by atoms with Gasteiger partial charge in [-0.25, -0.2) is 0 Å². The molecule has 0 radical (unpaired) electrons. The monoisotopic (exact) mass is 240 g/mol.